The van der Waals surface area contributed by atoms with Gasteiger partial charge in [0.2, 0.25) is 5.91 Å². The number of aliphatic carboxylic acids is 1. The predicted octanol–water partition coefficient (Wildman–Crippen LogP) is 2.52. The number of carboxylic acid groups (broad SMARTS) is 1. The number of halogens is 1. The molecular formula is C15H15ClN2O4. The second-order valence-corrected chi connectivity index (χ2v) is 5.00. The van der Waals surface area contributed by atoms with E-state index in [0.717, 1.165) is 5.56 Å². The molecule has 0 fully saturated rings. The molecule has 1 aromatic heterocycles. The van der Waals surface area contributed by atoms with E-state index in [1.165, 1.54) is 0 Å². The van der Waals surface area contributed by atoms with Gasteiger partial charge in [-0.15, -0.1) is 0 Å². The van der Waals surface area contributed by atoms with Crippen LogP contribution in [-0.4, -0.2) is 28.5 Å². The highest BCUT2D eigenvalue weighted by Gasteiger charge is 2.11. The zero-order chi connectivity index (χ0) is 15.9. The summed E-state index contributed by atoms with van der Waals surface area (Å²) in [5, 5.41) is 11.6. The van der Waals surface area contributed by atoms with Gasteiger partial charge in [0.1, 0.15) is 0 Å². The van der Waals surface area contributed by atoms with Gasteiger partial charge in [0.15, 0.2) is 11.7 Å². The number of hydrogen-bond acceptors (Lipinski definition) is 4. The molecule has 0 atom stereocenters. The fraction of sp³-hybridized carbons (Fsp3) is 0.267. The van der Waals surface area contributed by atoms with Crippen LogP contribution in [0.15, 0.2) is 34.9 Å². The second kappa shape index (κ2) is 7.61. The van der Waals surface area contributed by atoms with Crippen molar-refractivity contribution in [2.45, 2.75) is 19.3 Å². The molecule has 2 N–H and O–H groups in total. The van der Waals surface area contributed by atoms with Gasteiger partial charge < -0.3 is 14.8 Å². The molecule has 22 heavy (non-hydrogen) atoms. The van der Waals surface area contributed by atoms with Gasteiger partial charge in [0, 0.05) is 24.9 Å². The standard InChI is InChI=1S/C15H15ClN2O4/c16-11-4-2-1-3-10(11)12-9-18-14(22-12)6-5-13(19)17-8-7-15(20)21/h1-4,9H,5-8H2,(H,17,19)(H,20,21). The Bertz CT molecular complexity index is 669. The van der Waals surface area contributed by atoms with Crippen molar-refractivity contribution in [2.24, 2.45) is 0 Å². The normalized spacial score (nSPS) is 10.4. The van der Waals surface area contributed by atoms with E-state index in [-0.39, 0.29) is 25.3 Å². The third kappa shape index (κ3) is 4.60. The fourth-order valence-corrected chi connectivity index (χ4v) is 2.06. The van der Waals surface area contributed by atoms with E-state index < -0.39 is 5.97 Å². The van der Waals surface area contributed by atoms with E-state index in [0.29, 0.717) is 23.1 Å². The minimum Gasteiger partial charge on any atom is -0.481 e. The molecule has 0 saturated heterocycles. The van der Waals surface area contributed by atoms with Crippen LogP contribution in [0, 0.1) is 0 Å². The summed E-state index contributed by atoms with van der Waals surface area (Å²) in [4.78, 5) is 26.0. The number of carbonyl (C=O) groups excluding carboxylic acids is 1. The molecule has 0 aliphatic heterocycles. The van der Waals surface area contributed by atoms with Gasteiger partial charge in [-0.25, -0.2) is 4.98 Å². The largest absolute Gasteiger partial charge is 0.481 e. The van der Waals surface area contributed by atoms with E-state index in [1.54, 1.807) is 12.3 Å². The molecule has 0 spiro atoms. The third-order valence-corrected chi connectivity index (χ3v) is 3.25. The molecule has 2 aromatic rings. The lowest BCUT2D eigenvalue weighted by Crippen LogP contribution is -2.26. The summed E-state index contributed by atoms with van der Waals surface area (Å²) in [7, 11) is 0. The molecule has 0 saturated carbocycles. The Labute approximate surface area is 132 Å². The number of aromatic nitrogens is 1. The summed E-state index contributed by atoms with van der Waals surface area (Å²) in [5.74, 6) is -0.202. The van der Waals surface area contributed by atoms with Crippen LogP contribution in [0.25, 0.3) is 11.3 Å². The molecule has 0 aliphatic carbocycles. The van der Waals surface area contributed by atoms with Crippen LogP contribution in [0.5, 0.6) is 0 Å². The summed E-state index contributed by atoms with van der Waals surface area (Å²) >= 11 is 6.08. The molecule has 1 heterocycles. The van der Waals surface area contributed by atoms with Gasteiger partial charge in [-0.2, -0.15) is 0 Å². The maximum Gasteiger partial charge on any atom is 0.305 e. The highest BCUT2D eigenvalue weighted by atomic mass is 35.5. The minimum absolute atomic E-state index is 0.0958. The molecular weight excluding hydrogens is 308 g/mol. The maximum atomic E-state index is 11.5. The van der Waals surface area contributed by atoms with E-state index in [9.17, 15) is 9.59 Å². The van der Waals surface area contributed by atoms with Crippen LogP contribution in [0.4, 0.5) is 0 Å². The average molecular weight is 323 g/mol. The minimum atomic E-state index is -0.947. The van der Waals surface area contributed by atoms with Crippen molar-refractivity contribution in [3.63, 3.8) is 0 Å². The molecule has 0 unspecified atom stereocenters. The SMILES string of the molecule is O=C(O)CCNC(=O)CCc1ncc(-c2ccccc2Cl)o1. The highest BCUT2D eigenvalue weighted by Crippen LogP contribution is 2.28. The lowest BCUT2D eigenvalue weighted by molar-refractivity contribution is -0.136. The molecule has 7 heteroatoms. The smallest absolute Gasteiger partial charge is 0.305 e. The number of hydrogen-bond donors (Lipinski definition) is 2. The van der Waals surface area contributed by atoms with E-state index in [1.807, 2.05) is 18.2 Å². The first-order chi connectivity index (χ1) is 10.6. The van der Waals surface area contributed by atoms with Crippen LogP contribution >= 0.6 is 11.6 Å². The molecule has 1 aromatic carbocycles. The highest BCUT2D eigenvalue weighted by molar-refractivity contribution is 6.33. The molecule has 116 valence electrons. The van der Waals surface area contributed by atoms with Gasteiger partial charge in [-0.1, -0.05) is 23.7 Å². The molecule has 1 amide bonds. The number of carbonyl (C=O) groups is 2. The van der Waals surface area contributed by atoms with E-state index in [4.69, 9.17) is 21.1 Å². The van der Waals surface area contributed by atoms with Gasteiger partial charge in [-0.3, -0.25) is 9.59 Å². The summed E-state index contributed by atoms with van der Waals surface area (Å²) in [6, 6.07) is 7.25. The molecule has 0 bridgehead atoms. The van der Waals surface area contributed by atoms with Gasteiger partial charge in [0.05, 0.1) is 17.6 Å². The Kier molecular flexibility index (Phi) is 5.55. The van der Waals surface area contributed by atoms with Crippen molar-refractivity contribution in [3.8, 4) is 11.3 Å². The van der Waals surface area contributed by atoms with Crippen LogP contribution in [0.2, 0.25) is 5.02 Å². The average Bonchev–Trinajstić information content (AvgIpc) is 2.94. The quantitative estimate of drug-likeness (QED) is 0.817. The summed E-state index contributed by atoms with van der Waals surface area (Å²) in [5.41, 5.74) is 0.744. The van der Waals surface area contributed by atoms with Crippen molar-refractivity contribution in [1.29, 1.82) is 0 Å². The van der Waals surface area contributed by atoms with Gasteiger partial charge >= 0.3 is 5.97 Å². The first-order valence-corrected chi connectivity index (χ1v) is 7.12. The number of nitrogens with one attached hydrogen (secondary N) is 1. The number of oxazole rings is 1. The molecule has 2 rings (SSSR count). The third-order valence-electron chi connectivity index (χ3n) is 2.92. The Hall–Kier alpha value is -2.34. The molecule has 0 aliphatic rings. The first kappa shape index (κ1) is 16.0. The van der Waals surface area contributed by atoms with Crippen molar-refractivity contribution in [3.05, 3.63) is 41.4 Å². The monoisotopic (exact) mass is 322 g/mol. The van der Waals surface area contributed by atoms with Crippen molar-refractivity contribution in [1.82, 2.24) is 10.3 Å². The lowest BCUT2D eigenvalue weighted by Gasteiger charge is -2.02. The van der Waals surface area contributed by atoms with Crippen LogP contribution in [0.3, 0.4) is 0 Å². The molecule has 6 nitrogen and oxygen atoms in total. The fourth-order valence-electron chi connectivity index (χ4n) is 1.83. The summed E-state index contributed by atoms with van der Waals surface area (Å²) < 4.78 is 5.57. The van der Waals surface area contributed by atoms with Crippen LogP contribution < -0.4 is 5.32 Å². The number of benzene rings is 1. The number of nitrogens with zero attached hydrogens (tertiary/aromatic N) is 1. The summed E-state index contributed by atoms with van der Waals surface area (Å²) in [6.45, 7) is 0.116. The van der Waals surface area contributed by atoms with Crippen molar-refractivity contribution in [2.75, 3.05) is 6.54 Å². The van der Waals surface area contributed by atoms with Crippen molar-refractivity contribution >= 4 is 23.5 Å². The zero-order valence-electron chi connectivity index (χ0n) is 11.7. The Morgan fingerprint density at radius 1 is 1.27 bits per heavy atom. The van der Waals surface area contributed by atoms with Gasteiger partial charge in [0.25, 0.3) is 0 Å². The van der Waals surface area contributed by atoms with Crippen molar-refractivity contribution < 1.29 is 19.1 Å². The number of carboxylic acids is 1. The maximum absolute atomic E-state index is 11.5. The van der Waals surface area contributed by atoms with E-state index in [2.05, 4.69) is 10.3 Å². The Balaban J connectivity index is 1.86. The topological polar surface area (TPSA) is 92.4 Å². The van der Waals surface area contributed by atoms with Crippen LogP contribution in [-0.2, 0) is 16.0 Å². The van der Waals surface area contributed by atoms with Gasteiger partial charge in [-0.05, 0) is 12.1 Å². The zero-order valence-corrected chi connectivity index (χ0v) is 12.5. The Morgan fingerprint density at radius 2 is 2.05 bits per heavy atom. The second-order valence-electron chi connectivity index (χ2n) is 4.59. The Morgan fingerprint density at radius 3 is 2.77 bits per heavy atom. The number of aryl methyl sites for hydroxylation is 1. The lowest BCUT2D eigenvalue weighted by atomic mass is 10.2. The van der Waals surface area contributed by atoms with E-state index >= 15 is 0 Å². The first-order valence-electron chi connectivity index (χ1n) is 6.74. The molecule has 0 radical (unpaired) electrons. The number of amides is 1. The number of rotatable bonds is 7. The predicted molar refractivity (Wildman–Crippen MR) is 80.5 cm³/mol. The summed E-state index contributed by atoms with van der Waals surface area (Å²) in [6.07, 6.45) is 1.99. The van der Waals surface area contributed by atoms with Crippen LogP contribution in [0.1, 0.15) is 18.7 Å².